The van der Waals surface area contributed by atoms with Gasteiger partial charge in [0, 0.05) is 6.07 Å². The quantitative estimate of drug-likeness (QED) is 0.359. The third kappa shape index (κ3) is 2.56. The molecule has 1 fully saturated rings. The number of hydrogen-bond donors (Lipinski definition) is 0. The molecule has 2 aliphatic heterocycles. The number of allylic oxidation sites excluding steroid dienone is 2. The SMILES string of the molecule is C[C@@H](C(=O)Oc1ccc2c(c1)OCO2)N1C(=O)[C@H]2CC=CC[C@H]2C1=O. The highest BCUT2D eigenvalue weighted by Crippen LogP contribution is 2.37. The molecule has 1 aliphatic carbocycles. The molecular formula is C18H17NO6. The Balaban J connectivity index is 1.49. The Morgan fingerprint density at radius 3 is 2.44 bits per heavy atom. The molecule has 130 valence electrons. The van der Waals surface area contributed by atoms with Crippen molar-refractivity contribution < 1.29 is 28.6 Å². The van der Waals surface area contributed by atoms with E-state index in [0.717, 1.165) is 4.90 Å². The van der Waals surface area contributed by atoms with Gasteiger partial charge < -0.3 is 14.2 Å². The summed E-state index contributed by atoms with van der Waals surface area (Å²) >= 11 is 0. The smallest absolute Gasteiger partial charge is 0.334 e. The normalized spacial score (nSPS) is 25.1. The summed E-state index contributed by atoms with van der Waals surface area (Å²) in [5, 5.41) is 0. The van der Waals surface area contributed by atoms with E-state index in [2.05, 4.69) is 0 Å². The highest BCUT2D eigenvalue weighted by Gasteiger charge is 2.50. The van der Waals surface area contributed by atoms with Gasteiger partial charge in [0.25, 0.3) is 0 Å². The van der Waals surface area contributed by atoms with Crippen LogP contribution in [0.15, 0.2) is 30.4 Å². The van der Waals surface area contributed by atoms with Crippen LogP contribution in [-0.4, -0.2) is 35.5 Å². The highest BCUT2D eigenvalue weighted by atomic mass is 16.7. The standard InChI is InChI=1S/C18H17NO6/c1-10(19-16(20)12-4-2-3-5-13(12)17(19)21)18(22)25-11-6-7-14-15(8-11)24-9-23-14/h2-3,6-8,10,12-13H,4-5,9H2,1H3/t10-,12-,13+/m0/s1. The first kappa shape index (κ1) is 15.7. The number of hydrogen-bond acceptors (Lipinski definition) is 6. The first-order valence-corrected chi connectivity index (χ1v) is 8.19. The molecule has 0 radical (unpaired) electrons. The number of fused-ring (bicyclic) bond motifs is 2. The number of amides is 2. The maximum Gasteiger partial charge on any atom is 0.334 e. The van der Waals surface area contributed by atoms with E-state index >= 15 is 0 Å². The number of nitrogens with zero attached hydrogens (tertiary/aromatic N) is 1. The molecule has 0 spiro atoms. The van der Waals surface area contributed by atoms with Gasteiger partial charge in [0.15, 0.2) is 11.5 Å². The molecule has 7 nitrogen and oxygen atoms in total. The molecule has 4 rings (SSSR count). The van der Waals surface area contributed by atoms with E-state index in [1.165, 1.54) is 6.92 Å². The van der Waals surface area contributed by atoms with Gasteiger partial charge in [-0.1, -0.05) is 12.2 Å². The molecule has 25 heavy (non-hydrogen) atoms. The van der Waals surface area contributed by atoms with E-state index < -0.39 is 12.0 Å². The lowest BCUT2D eigenvalue weighted by atomic mass is 9.85. The summed E-state index contributed by atoms with van der Waals surface area (Å²) in [6, 6.07) is 3.79. The monoisotopic (exact) mass is 343 g/mol. The van der Waals surface area contributed by atoms with E-state index in [-0.39, 0.29) is 36.2 Å². The fourth-order valence-corrected chi connectivity index (χ4v) is 3.45. The van der Waals surface area contributed by atoms with Crippen LogP contribution in [0.4, 0.5) is 0 Å². The van der Waals surface area contributed by atoms with Gasteiger partial charge in [-0.3, -0.25) is 14.5 Å². The van der Waals surface area contributed by atoms with Crippen molar-refractivity contribution >= 4 is 17.8 Å². The van der Waals surface area contributed by atoms with Gasteiger partial charge in [-0.05, 0) is 31.9 Å². The fraction of sp³-hybridized carbons (Fsp3) is 0.389. The van der Waals surface area contributed by atoms with E-state index in [0.29, 0.717) is 24.3 Å². The zero-order valence-electron chi connectivity index (χ0n) is 13.6. The Bertz CT molecular complexity index is 760. The van der Waals surface area contributed by atoms with Crippen molar-refractivity contribution in [1.82, 2.24) is 4.90 Å². The van der Waals surface area contributed by atoms with Crippen LogP contribution in [-0.2, 0) is 14.4 Å². The molecule has 0 saturated carbocycles. The number of ether oxygens (including phenoxy) is 3. The molecule has 7 heteroatoms. The van der Waals surface area contributed by atoms with Gasteiger partial charge in [-0.2, -0.15) is 0 Å². The lowest BCUT2D eigenvalue weighted by Crippen LogP contribution is -2.45. The summed E-state index contributed by atoms with van der Waals surface area (Å²) in [4.78, 5) is 38.6. The topological polar surface area (TPSA) is 82.1 Å². The van der Waals surface area contributed by atoms with Crippen molar-refractivity contribution in [2.75, 3.05) is 6.79 Å². The molecule has 1 saturated heterocycles. The van der Waals surface area contributed by atoms with Crippen molar-refractivity contribution in [1.29, 1.82) is 0 Å². The molecule has 1 aromatic carbocycles. The summed E-state index contributed by atoms with van der Waals surface area (Å²) in [7, 11) is 0. The number of esters is 1. The minimum Gasteiger partial charge on any atom is -0.454 e. The molecule has 0 bridgehead atoms. The van der Waals surface area contributed by atoms with Gasteiger partial charge >= 0.3 is 5.97 Å². The van der Waals surface area contributed by atoms with Gasteiger partial charge in [0.2, 0.25) is 18.6 Å². The first-order valence-electron chi connectivity index (χ1n) is 8.19. The van der Waals surface area contributed by atoms with E-state index in [9.17, 15) is 14.4 Å². The van der Waals surface area contributed by atoms with E-state index in [1.807, 2.05) is 12.2 Å². The van der Waals surface area contributed by atoms with Crippen molar-refractivity contribution in [2.45, 2.75) is 25.8 Å². The molecule has 2 amide bonds. The lowest BCUT2D eigenvalue weighted by Gasteiger charge is -2.21. The van der Waals surface area contributed by atoms with Gasteiger partial charge in [-0.25, -0.2) is 4.79 Å². The average molecular weight is 343 g/mol. The first-order chi connectivity index (χ1) is 12.1. The summed E-state index contributed by atoms with van der Waals surface area (Å²) in [6.45, 7) is 1.63. The molecular weight excluding hydrogens is 326 g/mol. The van der Waals surface area contributed by atoms with Gasteiger partial charge in [0.1, 0.15) is 11.8 Å². The van der Waals surface area contributed by atoms with Crippen LogP contribution in [0.5, 0.6) is 17.2 Å². The third-order valence-electron chi connectivity index (χ3n) is 4.83. The molecule has 3 aliphatic rings. The molecule has 0 N–H and O–H groups in total. The van der Waals surface area contributed by atoms with Crippen molar-refractivity contribution in [2.24, 2.45) is 11.8 Å². The Morgan fingerprint density at radius 2 is 1.76 bits per heavy atom. The van der Waals surface area contributed by atoms with Gasteiger partial charge in [0.05, 0.1) is 11.8 Å². The predicted molar refractivity (Wildman–Crippen MR) is 84.9 cm³/mol. The second-order valence-corrected chi connectivity index (χ2v) is 6.31. The second-order valence-electron chi connectivity index (χ2n) is 6.31. The van der Waals surface area contributed by atoms with Gasteiger partial charge in [-0.15, -0.1) is 0 Å². The van der Waals surface area contributed by atoms with Crippen LogP contribution in [0.1, 0.15) is 19.8 Å². The van der Waals surface area contributed by atoms with Crippen LogP contribution < -0.4 is 14.2 Å². The average Bonchev–Trinajstić information content (AvgIpc) is 3.18. The second kappa shape index (κ2) is 5.91. The largest absolute Gasteiger partial charge is 0.454 e. The highest BCUT2D eigenvalue weighted by molar-refractivity contribution is 6.08. The molecule has 2 heterocycles. The number of likely N-dealkylation sites (tertiary alicyclic amines) is 1. The Kier molecular flexibility index (Phi) is 3.71. The van der Waals surface area contributed by atoms with Crippen molar-refractivity contribution in [3.8, 4) is 17.2 Å². The number of benzene rings is 1. The molecule has 1 aromatic rings. The minimum absolute atomic E-state index is 0.122. The Labute approximate surface area is 144 Å². The van der Waals surface area contributed by atoms with E-state index in [1.54, 1.807) is 18.2 Å². The van der Waals surface area contributed by atoms with Crippen LogP contribution in [0.3, 0.4) is 0 Å². The number of rotatable bonds is 3. The zero-order chi connectivity index (χ0) is 17.6. The lowest BCUT2D eigenvalue weighted by molar-refractivity contribution is -0.152. The van der Waals surface area contributed by atoms with Crippen LogP contribution in [0, 0.1) is 11.8 Å². The zero-order valence-corrected chi connectivity index (χ0v) is 13.6. The van der Waals surface area contributed by atoms with E-state index in [4.69, 9.17) is 14.2 Å². The van der Waals surface area contributed by atoms with Crippen molar-refractivity contribution in [3.05, 3.63) is 30.4 Å². The maximum absolute atomic E-state index is 12.5. The number of carbonyl (C=O) groups excluding carboxylic acids is 3. The molecule has 0 aromatic heterocycles. The minimum atomic E-state index is -0.976. The Hall–Kier alpha value is -2.83. The van der Waals surface area contributed by atoms with Crippen LogP contribution in [0.2, 0.25) is 0 Å². The summed E-state index contributed by atoms with van der Waals surface area (Å²) in [5.41, 5.74) is 0. The summed E-state index contributed by atoms with van der Waals surface area (Å²) in [5.74, 6) is -0.635. The molecule has 3 atom stereocenters. The van der Waals surface area contributed by atoms with Crippen LogP contribution >= 0.6 is 0 Å². The Morgan fingerprint density at radius 1 is 1.12 bits per heavy atom. The third-order valence-corrected chi connectivity index (χ3v) is 4.83. The number of carbonyl (C=O) groups is 3. The predicted octanol–water partition coefficient (Wildman–Crippen LogP) is 1.66. The summed E-state index contributed by atoms with van der Waals surface area (Å²) < 4.78 is 15.8. The van der Waals surface area contributed by atoms with Crippen LogP contribution in [0.25, 0.3) is 0 Å². The van der Waals surface area contributed by atoms with Crippen molar-refractivity contribution in [3.63, 3.8) is 0 Å². The maximum atomic E-state index is 12.5. The number of imide groups is 1. The fourth-order valence-electron chi connectivity index (χ4n) is 3.45. The molecule has 0 unspecified atom stereocenters. The summed E-state index contributed by atoms with van der Waals surface area (Å²) in [6.07, 6.45) is 4.89.